The minimum atomic E-state index is 0.190. The van der Waals surface area contributed by atoms with Crippen molar-refractivity contribution in [2.24, 2.45) is 0 Å². The van der Waals surface area contributed by atoms with Gasteiger partial charge in [0.25, 0.3) is 0 Å². The van der Waals surface area contributed by atoms with Crippen LogP contribution < -0.4 is 4.74 Å². The molecule has 22 heavy (non-hydrogen) atoms. The van der Waals surface area contributed by atoms with Crippen LogP contribution in [0.15, 0.2) is 54.7 Å². The monoisotopic (exact) mass is 291 g/mol. The Kier molecular flexibility index (Phi) is 3.50. The van der Waals surface area contributed by atoms with Gasteiger partial charge in [0.05, 0.1) is 7.11 Å². The fourth-order valence-electron chi connectivity index (χ4n) is 2.19. The zero-order chi connectivity index (χ0) is 15.5. The number of nitriles is 1. The smallest absolute Gasteiger partial charge is 0.159 e. The maximum absolute atomic E-state index is 9.41. The summed E-state index contributed by atoms with van der Waals surface area (Å²) in [4.78, 5) is 4.35. The molecule has 0 aliphatic heterocycles. The van der Waals surface area contributed by atoms with E-state index in [1.165, 1.54) is 0 Å². The number of phenols is 1. The molecule has 5 heteroatoms. The molecule has 0 bridgehead atoms. The van der Waals surface area contributed by atoms with Crippen LogP contribution in [0.4, 0.5) is 0 Å². The summed E-state index contributed by atoms with van der Waals surface area (Å²) in [6.45, 7) is 0. The van der Waals surface area contributed by atoms with Crippen molar-refractivity contribution in [3.63, 3.8) is 0 Å². The molecule has 1 aromatic heterocycles. The molecule has 0 aliphatic carbocycles. The standard InChI is InChI=1S/C17H13N3O2/c1-22-16-8-2-12(3-9-16)17-19-13(10-18)11-20(17)14-4-6-15(21)7-5-14/h2-9,11,21H,1H3. The number of hydrogen-bond donors (Lipinski definition) is 1. The second kappa shape index (κ2) is 5.62. The maximum Gasteiger partial charge on any atom is 0.159 e. The van der Waals surface area contributed by atoms with Gasteiger partial charge in [-0.2, -0.15) is 5.26 Å². The van der Waals surface area contributed by atoms with Gasteiger partial charge in [-0.1, -0.05) is 0 Å². The summed E-state index contributed by atoms with van der Waals surface area (Å²) in [5.41, 5.74) is 2.02. The summed E-state index contributed by atoms with van der Waals surface area (Å²) in [6.07, 6.45) is 1.67. The van der Waals surface area contributed by atoms with Gasteiger partial charge in [0.1, 0.15) is 23.4 Å². The topological polar surface area (TPSA) is 71.1 Å². The third-order valence-corrected chi connectivity index (χ3v) is 3.30. The van der Waals surface area contributed by atoms with Crippen LogP contribution in [0.5, 0.6) is 11.5 Å². The SMILES string of the molecule is COc1ccc(-c2nc(C#N)cn2-c2ccc(O)cc2)cc1. The summed E-state index contributed by atoms with van der Waals surface area (Å²) >= 11 is 0. The highest BCUT2D eigenvalue weighted by Gasteiger charge is 2.12. The summed E-state index contributed by atoms with van der Waals surface area (Å²) < 4.78 is 6.97. The van der Waals surface area contributed by atoms with Crippen molar-refractivity contribution >= 4 is 0 Å². The number of aromatic nitrogens is 2. The lowest BCUT2D eigenvalue weighted by molar-refractivity contribution is 0.415. The maximum atomic E-state index is 9.41. The minimum Gasteiger partial charge on any atom is -0.508 e. The average molecular weight is 291 g/mol. The molecular weight excluding hydrogens is 278 g/mol. The molecule has 0 saturated heterocycles. The number of hydrogen-bond acceptors (Lipinski definition) is 4. The Balaban J connectivity index is 2.12. The number of rotatable bonds is 3. The predicted molar refractivity (Wildman–Crippen MR) is 81.9 cm³/mol. The van der Waals surface area contributed by atoms with Gasteiger partial charge < -0.3 is 9.84 Å². The second-order valence-electron chi connectivity index (χ2n) is 4.68. The van der Waals surface area contributed by atoms with Gasteiger partial charge in [-0.25, -0.2) is 4.98 Å². The van der Waals surface area contributed by atoms with E-state index in [1.807, 2.05) is 28.8 Å². The van der Waals surface area contributed by atoms with E-state index in [1.54, 1.807) is 37.6 Å². The molecule has 0 spiro atoms. The molecule has 108 valence electrons. The highest BCUT2D eigenvalue weighted by atomic mass is 16.5. The third-order valence-electron chi connectivity index (χ3n) is 3.30. The predicted octanol–water partition coefficient (Wildman–Crippen LogP) is 3.13. The van der Waals surface area contributed by atoms with Gasteiger partial charge >= 0.3 is 0 Å². The zero-order valence-corrected chi connectivity index (χ0v) is 11.9. The van der Waals surface area contributed by atoms with Crippen molar-refractivity contribution in [2.45, 2.75) is 0 Å². The normalized spacial score (nSPS) is 10.2. The van der Waals surface area contributed by atoms with Crippen molar-refractivity contribution in [1.82, 2.24) is 9.55 Å². The summed E-state index contributed by atoms with van der Waals surface area (Å²) in [5.74, 6) is 1.60. The Morgan fingerprint density at radius 1 is 1.09 bits per heavy atom. The first-order valence-electron chi connectivity index (χ1n) is 6.64. The van der Waals surface area contributed by atoms with Gasteiger partial charge in [-0.3, -0.25) is 4.57 Å². The molecule has 0 saturated carbocycles. The van der Waals surface area contributed by atoms with E-state index >= 15 is 0 Å². The summed E-state index contributed by atoms with van der Waals surface area (Å²) in [6, 6.07) is 16.3. The number of phenolic OH excluding ortho intramolecular Hbond substituents is 1. The number of ether oxygens (including phenoxy) is 1. The fourth-order valence-corrected chi connectivity index (χ4v) is 2.19. The van der Waals surface area contributed by atoms with Gasteiger partial charge in [0, 0.05) is 17.4 Å². The largest absolute Gasteiger partial charge is 0.508 e. The van der Waals surface area contributed by atoms with Crippen LogP contribution in [0.1, 0.15) is 5.69 Å². The van der Waals surface area contributed by atoms with E-state index in [2.05, 4.69) is 11.1 Å². The van der Waals surface area contributed by atoms with Crippen molar-refractivity contribution in [3.8, 4) is 34.6 Å². The van der Waals surface area contributed by atoms with Gasteiger partial charge in [0.2, 0.25) is 0 Å². The van der Waals surface area contributed by atoms with Crippen LogP contribution in [0.2, 0.25) is 0 Å². The third kappa shape index (κ3) is 2.50. The minimum absolute atomic E-state index is 0.190. The van der Waals surface area contributed by atoms with E-state index in [-0.39, 0.29) is 5.75 Å². The van der Waals surface area contributed by atoms with Crippen LogP contribution >= 0.6 is 0 Å². The average Bonchev–Trinajstić information content (AvgIpc) is 3.00. The Labute approximate surface area is 127 Å². The van der Waals surface area contributed by atoms with Gasteiger partial charge in [0.15, 0.2) is 5.69 Å². The molecule has 0 aliphatic rings. The molecule has 2 aromatic carbocycles. The Bertz CT molecular complexity index is 828. The van der Waals surface area contributed by atoms with Crippen LogP contribution in [0.3, 0.4) is 0 Å². The highest BCUT2D eigenvalue weighted by molar-refractivity contribution is 5.61. The van der Waals surface area contributed by atoms with E-state index in [0.717, 1.165) is 17.0 Å². The zero-order valence-electron chi connectivity index (χ0n) is 11.9. The first kappa shape index (κ1) is 13.7. The second-order valence-corrected chi connectivity index (χ2v) is 4.68. The molecular formula is C17H13N3O2. The molecule has 0 atom stereocenters. The quantitative estimate of drug-likeness (QED) is 0.804. The number of imidazole rings is 1. The van der Waals surface area contributed by atoms with Gasteiger partial charge in [-0.15, -0.1) is 0 Å². The number of nitrogens with zero attached hydrogens (tertiary/aromatic N) is 3. The van der Waals surface area contributed by atoms with E-state index in [0.29, 0.717) is 11.5 Å². The fraction of sp³-hybridized carbons (Fsp3) is 0.0588. The van der Waals surface area contributed by atoms with E-state index in [9.17, 15) is 5.11 Å². The molecule has 0 amide bonds. The highest BCUT2D eigenvalue weighted by Crippen LogP contribution is 2.25. The molecule has 0 unspecified atom stereocenters. The molecule has 0 fully saturated rings. The first-order chi connectivity index (χ1) is 10.7. The van der Waals surface area contributed by atoms with E-state index < -0.39 is 0 Å². The summed E-state index contributed by atoms with van der Waals surface area (Å²) in [7, 11) is 1.61. The van der Waals surface area contributed by atoms with Crippen LogP contribution in [0, 0.1) is 11.3 Å². The Morgan fingerprint density at radius 3 is 2.36 bits per heavy atom. The van der Waals surface area contributed by atoms with Crippen LogP contribution in [0.25, 0.3) is 17.1 Å². The van der Waals surface area contributed by atoms with Gasteiger partial charge in [-0.05, 0) is 48.5 Å². The molecule has 5 nitrogen and oxygen atoms in total. The lowest BCUT2D eigenvalue weighted by Gasteiger charge is -2.08. The first-order valence-corrected chi connectivity index (χ1v) is 6.64. The molecule has 3 aromatic rings. The molecule has 3 rings (SSSR count). The molecule has 1 heterocycles. The Morgan fingerprint density at radius 2 is 1.77 bits per heavy atom. The molecule has 0 radical (unpaired) electrons. The van der Waals surface area contributed by atoms with Crippen molar-refractivity contribution in [2.75, 3.05) is 7.11 Å². The Hall–Kier alpha value is -3.26. The van der Waals surface area contributed by atoms with Crippen LogP contribution in [-0.2, 0) is 0 Å². The van der Waals surface area contributed by atoms with Crippen LogP contribution in [-0.4, -0.2) is 21.8 Å². The molecule has 1 N–H and O–H groups in total. The van der Waals surface area contributed by atoms with Crippen molar-refractivity contribution in [3.05, 3.63) is 60.4 Å². The number of methoxy groups -OCH3 is 1. The lowest BCUT2D eigenvalue weighted by atomic mass is 10.2. The number of aromatic hydroxyl groups is 1. The van der Waals surface area contributed by atoms with E-state index in [4.69, 9.17) is 10.00 Å². The summed E-state index contributed by atoms with van der Waals surface area (Å²) in [5, 5.41) is 18.5. The van der Waals surface area contributed by atoms with Crippen molar-refractivity contribution in [1.29, 1.82) is 5.26 Å². The number of benzene rings is 2. The lowest BCUT2D eigenvalue weighted by Crippen LogP contribution is -1.96. The van der Waals surface area contributed by atoms with Crippen molar-refractivity contribution < 1.29 is 9.84 Å².